The van der Waals surface area contributed by atoms with Crippen molar-refractivity contribution in [2.24, 2.45) is 0 Å². The molecule has 1 N–H and O–H groups in total. The summed E-state index contributed by atoms with van der Waals surface area (Å²) in [5.74, 6) is 1.04. The van der Waals surface area contributed by atoms with Crippen molar-refractivity contribution in [1.82, 2.24) is 9.97 Å². The van der Waals surface area contributed by atoms with Crippen molar-refractivity contribution in [1.29, 1.82) is 0 Å². The second-order valence-corrected chi connectivity index (χ2v) is 7.63. The molecule has 0 aliphatic heterocycles. The molecule has 0 unspecified atom stereocenters. The Morgan fingerprint density at radius 1 is 1.04 bits per heavy atom. The van der Waals surface area contributed by atoms with Crippen LogP contribution in [-0.4, -0.2) is 38.9 Å². The lowest BCUT2D eigenvalue weighted by Crippen LogP contribution is -2.10. The summed E-state index contributed by atoms with van der Waals surface area (Å²) in [5.41, 5.74) is 3.59. The normalized spacial score (nSPS) is 11.4. The fourth-order valence-corrected chi connectivity index (χ4v) is 3.25. The van der Waals surface area contributed by atoms with Crippen LogP contribution in [0, 0.1) is 6.92 Å². The van der Waals surface area contributed by atoms with E-state index < -0.39 is 10.0 Å². The van der Waals surface area contributed by atoms with Crippen molar-refractivity contribution in [2.75, 3.05) is 25.2 Å². The minimum absolute atomic E-state index is 0.378. The van der Waals surface area contributed by atoms with Gasteiger partial charge in [0.25, 0.3) is 0 Å². The molecule has 0 aliphatic carbocycles. The summed E-state index contributed by atoms with van der Waals surface area (Å²) in [5, 5.41) is 0.830. The van der Waals surface area contributed by atoms with Crippen LogP contribution in [0.4, 0.5) is 5.69 Å². The van der Waals surface area contributed by atoms with E-state index in [1.54, 1.807) is 31.6 Å². The van der Waals surface area contributed by atoms with Crippen molar-refractivity contribution < 1.29 is 17.9 Å². The number of nitrogens with zero attached hydrogens (tertiary/aromatic N) is 2. The lowest BCUT2D eigenvalue weighted by molar-refractivity contribution is 0.413. The van der Waals surface area contributed by atoms with Gasteiger partial charge in [0.15, 0.2) is 0 Å². The molecule has 8 heteroatoms. The first-order valence-electron chi connectivity index (χ1n) is 7.77. The molecule has 2 heterocycles. The predicted octanol–water partition coefficient (Wildman–Crippen LogP) is 2.99. The van der Waals surface area contributed by atoms with Gasteiger partial charge in [-0.2, -0.15) is 0 Å². The molecule has 7 nitrogen and oxygen atoms in total. The second-order valence-electron chi connectivity index (χ2n) is 5.88. The molecule has 0 atom stereocenters. The smallest absolute Gasteiger partial charge is 0.229 e. The highest BCUT2D eigenvalue weighted by atomic mass is 32.2. The number of aromatic nitrogens is 2. The third-order valence-corrected chi connectivity index (χ3v) is 4.47. The van der Waals surface area contributed by atoms with Crippen LogP contribution >= 0.6 is 0 Å². The second kappa shape index (κ2) is 6.80. The Bertz CT molecular complexity index is 1080. The number of anilines is 1. The summed E-state index contributed by atoms with van der Waals surface area (Å²) in [7, 11) is -0.355. The summed E-state index contributed by atoms with van der Waals surface area (Å²) in [6.07, 6.45) is 4.44. The first-order valence-corrected chi connectivity index (χ1v) is 9.66. The van der Waals surface area contributed by atoms with Gasteiger partial charge in [0, 0.05) is 23.2 Å². The van der Waals surface area contributed by atoms with Crippen LogP contribution in [0.5, 0.6) is 11.5 Å². The molecule has 136 valence electrons. The van der Waals surface area contributed by atoms with Gasteiger partial charge in [0.1, 0.15) is 11.5 Å². The summed E-state index contributed by atoms with van der Waals surface area (Å²) in [6.45, 7) is 1.94. The molecular formula is C18H19N3O4S. The first-order chi connectivity index (χ1) is 12.3. The predicted molar refractivity (Wildman–Crippen MR) is 101 cm³/mol. The summed E-state index contributed by atoms with van der Waals surface area (Å²) in [6, 6.07) is 7.23. The molecule has 0 saturated carbocycles. The van der Waals surface area contributed by atoms with Gasteiger partial charge >= 0.3 is 0 Å². The SMILES string of the molecule is COc1cncc(-c2cc(C)c3cc(NS(C)(=O)=O)c(OC)cc3n2)c1. The maximum atomic E-state index is 11.6. The van der Waals surface area contributed by atoms with Gasteiger partial charge in [0.2, 0.25) is 10.0 Å². The Kier molecular flexibility index (Phi) is 4.69. The minimum atomic E-state index is -3.42. The van der Waals surface area contributed by atoms with Crippen LogP contribution in [0.2, 0.25) is 0 Å². The number of ether oxygens (including phenoxy) is 2. The van der Waals surface area contributed by atoms with Gasteiger partial charge < -0.3 is 9.47 Å². The molecule has 1 aromatic carbocycles. The van der Waals surface area contributed by atoms with Gasteiger partial charge in [0.05, 0.1) is 43.6 Å². The number of pyridine rings is 2. The molecule has 26 heavy (non-hydrogen) atoms. The zero-order chi connectivity index (χ0) is 18.9. The molecule has 0 saturated heterocycles. The fraction of sp³-hybridized carbons (Fsp3) is 0.222. The Hall–Kier alpha value is -2.87. The van der Waals surface area contributed by atoms with E-state index in [9.17, 15) is 8.42 Å². The number of rotatable bonds is 5. The minimum Gasteiger partial charge on any atom is -0.495 e. The largest absolute Gasteiger partial charge is 0.495 e. The van der Waals surface area contributed by atoms with Crippen molar-refractivity contribution in [3.8, 4) is 22.8 Å². The quantitative estimate of drug-likeness (QED) is 0.739. The Balaban J connectivity index is 2.18. The maximum Gasteiger partial charge on any atom is 0.229 e. The van der Waals surface area contributed by atoms with Crippen molar-refractivity contribution in [3.05, 3.63) is 42.2 Å². The monoisotopic (exact) mass is 373 g/mol. The van der Waals surface area contributed by atoms with Crippen LogP contribution in [0.1, 0.15) is 5.56 Å². The molecule has 0 spiro atoms. The molecule has 2 aromatic heterocycles. The number of nitrogens with one attached hydrogen (secondary N) is 1. The van der Waals surface area contributed by atoms with E-state index in [2.05, 4.69) is 14.7 Å². The van der Waals surface area contributed by atoms with E-state index in [1.807, 2.05) is 19.1 Å². The van der Waals surface area contributed by atoms with Crippen molar-refractivity contribution in [2.45, 2.75) is 6.92 Å². The maximum absolute atomic E-state index is 11.6. The number of hydrogen-bond acceptors (Lipinski definition) is 6. The zero-order valence-corrected chi connectivity index (χ0v) is 15.7. The summed E-state index contributed by atoms with van der Waals surface area (Å²) >= 11 is 0. The molecule has 0 aliphatic rings. The first kappa shape index (κ1) is 17.9. The van der Waals surface area contributed by atoms with Crippen LogP contribution in [-0.2, 0) is 10.0 Å². The highest BCUT2D eigenvalue weighted by molar-refractivity contribution is 7.92. The molecule has 0 radical (unpaired) electrons. The van der Waals surface area contributed by atoms with E-state index >= 15 is 0 Å². The van der Waals surface area contributed by atoms with E-state index in [4.69, 9.17) is 9.47 Å². The standard InChI is InChI=1S/C18H19N3O4S/c1-11-5-15(12-6-13(24-2)10-19-9-12)20-16-8-18(25-3)17(7-14(11)16)21-26(4,22)23/h5-10,21H,1-4H3. The van der Waals surface area contributed by atoms with Crippen LogP contribution in [0.15, 0.2) is 36.7 Å². The summed E-state index contributed by atoms with van der Waals surface area (Å²) < 4.78 is 36.2. The lowest BCUT2D eigenvalue weighted by atomic mass is 10.1. The Morgan fingerprint density at radius 2 is 1.81 bits per heavy atom. The van der Waals surface area contributed by atoms with Gasteiger partial charge in [-0.05, 0) is 30.7 Å². The van der Waals surface area contributed by atoms with Crippen LogP contribution in [0.25, 0.3) is 22.2 Å². The van der Waals surface area contributed by atoms with Gasteiger partial charge in [-0.15, -0.1) is 0 Å². The number of fused-ring (bicyclic) bond motifs is 1. The average molecular weight is 373 g/mol. The van der Waals surface area contributed by atoms with E-state index in [1.165, 1.54) is 7.11 Å². The number of benzene rings is 1. The number of methoxy groups -OCH3 is 2. The molecule has 3 aromatic rings. The topological polar surface area (TPSA) is 90.4 Å². The van der Waals surface area contributed by atoms with E-state index in [-0.39, 0.29) is 0 Å². The highest BCUT2D eigenvalue weighted by Gasteiger charge is 2.13. The molecule has 0 bridgehead atoms. The van der Waals surface area contributed by atoms with Gasteiger partial charge in [-0.3, -0.25) is 9.71 Å². The third-order valence-electron chi connectivity index (χ3n) is 3.88. The van der Waals surface area contributed by atoms with Gasteiger partial charge in [-0.25, -0.2) is 13.4 Å². The number of hydrogen-bond donors (Lipinski definition) is 1. The number of aryl methyl sites for hydroxylation is 1. The Morgan fingerprint density at radius 3 is 2.46 bits per heavy atom. The molecule has 0 fully saturated rings. The van der Waals surface area contributed by atoms with Gasteiger partial charge in [-0.1, -0.05) is 0 Å². The number of sulfonamides is 1. The molecule has 0 amide bonds. The van der Waals surface area contributed by atoms with Crippen LogP contribution < -0.4 is 14.2 Å². The van der Waals surface area contributed by atoms with Crippen molar-refractivity contribution in [3.63, 3.8) is 0 Å². The lowest BCUT2D eigenvalue weighted by Gasteiger charge is -2.13. The summed E-state index contributed by atoms with van der Waals surface area (Å²) in [4.78, 5) is 8.84. The Labute approximate surface area is 152 Å². The van der Waals surface area contributed by atoms with E-state index in [0.29, 0.717) is 22.7 Å². The average Bonchev–Trinajstić information content (AvgIpc) is 2.60. The van der Waals surface area contributed by atoms with Crippen molar-refractivity contribution >= 4 is 26.6 Å². The van der Waals surface area contributed by atoms with Crippen LogP contribution in [0.3, 0.4) is 0 Å². The van der Waals surface area contributed by atoms with E-state index in [0.717, 1.165) is 28.5 Å². The highest BCUT2D eigenvalue weighted by Crippen LogP contribution is 2.33. The zero-order valence-electron chi connectivity index (χ0n) is 14.9. The molecule has 3 rings (SSSR count). The molecular weight excluding hydrogens is 354 g/mol. The third kappa shape index (κ3) is 3.70. The fourth-order valence-electron chi connectivity index (χ4n) is 2.69.